The maximum Gasteiger partial charge on any atom is 0.232 e. The van der Waals surface area contributed by atoms with E-state index in [1.165, 1.54) is 11.8 Å². The molecule has 0 N–H and O–H groups in total. The van der Waals surface area contributed by atoms with Crippen LogP contribution < -0.4 is 14.4 Å². The van der Waals surface area contributed by atoms with Crippen molar-refractivity contribution >= 4 is 41.0 Å². The van der Waals surface area contributed by atoms with Crippen LogP contribution >= 0.6 is 23.4 Å². The number of hydrogen-bond donors (Lipinski definition) is 0. The lowest BCUT2D eigenvalue weighted by molar-refractivity contribution is -0.133. The van der Waals surface area contributed by atoms with Crippen LogP contribution in [-0.4, -0.2) is 90.8 Å². The predicted molar refractivity (Wildman–Crippen MR) is 152 cm³/mol. The van der Waals surface area contributed by atoms with Crippen LogP contribution in [-0.2, 0) is 16.0 Å². The van der Waals surface area contributed by atoms with Crippen molar-refractivity contribution in [3.63, 3.8) is 0 Å². The van der Waals surface area contributed by atoms with Crippen molar-refractivity contribution in [3.05, 3.63) is 35.0 Å². The maximum absolute atomic E-state index is 12.8. The van der Waals surface area contributed by atoms with Crippen molar-refractivity contribution in [3.8, 4) is 11.5 Å². The highest BCUT2D eigenvalue weighted by atomic mass is 35.5. The Bertz CT molecular complexity index is 1110. The van der Waals surface area contributed by atoms with Gasteiger partial charge in [0, 0.05) is 51.8 Å². The largest absolute Gasteiger partial charge is 0.493 e. The van der Waals surface area contributed by atoms with E-state index in [1.807, 2.05) is 23.1 Å². The monoisotopic (exact) mass is 563 g/mol. The van der Waals surface area contributed by atoms with E-state index in [9.17, 15) is 9.59 Å². The van der Waals surface area contributed by atoms with Gasteiger partial charge in [0.1, 0.15) is 11.0 Å². The van der Waals surface area contributed by atoms with E-state index in [2.05, 4.69) is 28.7 Å². The summed E-state index contributed by atoms with van der Waals surface area (Å²) in [7, 11) is 5.00. The molecule has 2 aromatic rings. The molecule has 2 amide bonds. The summed E-state index contributed by atoms with van der Waals surface area (Å²) < 4.78 is 10.6. The number of thioether (sulfide) groups is 1. The second-order valence-electron chi connectivity index (χ2n) is 9.36. The molecule has 3 rings (SSSR count). The zero-order valence-corrected chi connectivity index (χ0v) is 24.5. The first-order valence-corrected chi connectivity index (χ1v) is 14.3. The number of halogens is 1. The minimum Gasteiger partial charge on any atom is -0.493 e. The zero-order chi connectivity index (χ0) is 27.7. The molecule has 9 nitrogen and oxygen atoms in total. The minimum atomic E-state index is -0.0200. The number of carbonyl (C=O) groups excluding carboxylic acids is 2. The number of ether oxygens (including phenoxy) is 2. The molecule has 1 fully saturated rings. The van der Waals surface area contributed by atoms with Crippen molar-refractivity contribution in [1.29, 1.82) is 0 Å². The first-order valence-electron chi connectivity index (χ1n) is 12.9. The van der Waals surface area contributed by atoms with Gasteiger partial charge in [-0.1, -0.05) is 42.8 Å². The molecule has 1 atom stereocenters. The topological polar surface area (TPSA) is 88.1 Å². The number of nitrogens with zero attached hydrogens (tertiary/aromatic N) is 5. The standard InChI is InChI=1S/C27H38ClN5O4S/c1-6-7-8-25(34)33-14-13-32(17-19(33)2)24-16-23(28)29-27(30-24)38-18-26(35)31(3)12-11-20-9-10-21(36-4)22(15-20)37-5/h9-10,15-16,19H,6-8,11-14,17-18H2,1-5H3. The summed E-state index contributed by atoms with van der Waals surface area (Å²) in [5.74, 6) is 2.46. The van der Waals surface area contributed by atoms with Gasteiger partial charge in [0.15, 0.2) is 16.7 Å². The van der Waals surface area contributed by atoms with Crippen LogP contribution in [0.4, 0.5) is 5.82 Å². The van der Waals surface area contributed by atoms with Gasteiger partial charge in [-0.25, -0.2) is 9.97 Å². The third kappa shape index (κ3) is 8.14. The lowest BCUT2D eigenvalue weighted by Gasteiger charge is -2.40. The van der Waals surface area contributed by atoms with Crippen molar-refractivity contribution in [2.45, 2.75) is 50.7 Å². The van der Waals surface area contributed by atoms with E-state index in [4.69, 9.17) is 21.1 Å². The average molecular weight is 564 g/mol. The molecule has 0 bridgehead atoms. The van der Waals surface area contributed by atoms with Gasteiger partial charge in [-0.15, -0.1) is 0 Å². The smallest absolute Gasteiger partial charge is 0.232 e. The van der Waals surface area contributed by atoms with Gasteiger partial charge in [-0.05, 0) is 37.5 Å². The van der Waals surface area contributed by atoms with E-state index in [0.29, 0.717) is 66.6 Å². The van der Waals surface area contributed by atoms with Crippen LogP contribution in [0.15, 0.2) is 29.4 Å². The van der Waals surface area contributed by atoms with Crippen molar-refractivity contribution in [1.82, 2.24) is 19.8 Å². The number of benzene rings is 1. The Hall–Kier alpha value is -2.72. The molecule has 1 aliphatic heterocycles. The molecule has 38 heavy (non-hydrogen) atoms. The van der Waals surface area contributed by atoms with Crippen LogP contribution in [0.1, 0.15) is 38.7 Å². The van der Waals surface area contributed by atoms with Gasteiger partial charge in [0.05, 0.1) is 20.0 Å². The third-order valence-corrected chi connectivity index (χ3v) is 7.64. The molecule has 0 saturated carbocycles. The predicted octanol–water partition coefficient (Wildman–Crippen LogP) is 4.17. The molecule has 1 unspecified atom stereocenters. The fraction of sp³-hybridized carbons (Fsp3) is 0.556. The molecule has 1 aromatic heterocycles. The number of likely N-dealkylation sites (N-methyl/N-ethyl adjacent to an activating group) is 1. The van der Waals surface area contributed by atoms with E-state index in [1.54, 1.807) is 32.2 Å². The summed E-state index contributed by atoms with van der Waals surface area (Å²) in [6.45, 7) is 6.72. The number of methoxy groups -OCH3 is 2. The number of aromatic nitrogens is 2. The molecule has 2 heterocycles. The number of piperazine rings is 1. The number of unbranched alkanes of at least 4 members (excludes halogenated alkanes) is 1. The Morgan fingerprint density at radius 3 is 2.61 bits per heavy atom. The Balaban J connectivity index is 1.53. The molecule has 208 valence electrons. The van der Waals surface area contributed by atoms with Crippen LogP contribution in [0.3, 0.4) is 0 Å². The SMILES string of the molecule is CCCCC(=O)N1CCN(c2cc(Cl)nc(SCC(=O)N(C)CCc3ccc(OC)c(OC)c3)n2)CC1C. The van der Waals surface area contributed by atoms with Gasteiger partial charge in [-0.3, -0.25) is 9.59 Å². The van der Waals surface area contributed by atoms with Crippen LogP contribution in [0, 0.1) is 0 Å². The highest BCUT2D eigenvalue weighted by Crippen LogP contribution is 2.28. The van der Waals surface area contributed by atoms with Crippen LogP contribution in [0.5, 0.6) is 11.5 Å². The van der Waals surface area contributed by atoms with E-state index in [-0.39, 0.29) is 23.6 Å². The van der Waals surface area contributed by atoms with E-state index >= 15 is 0 Å². The van der Waals surface area contributed by atoms with Gasteiger partial charge in [-0.2, -0.15) is 0 Å². The first kappa shape index (κ1) is 29.8. The molecular weight excluding hydrogens is 526 g/mol. The highest BCUT2D eigenvalue weighted by molar-refractivity contribution is 7.99. The molecular formula is C27H38ClN5O4S. The van der Waals surface area contributed by atoms with Crippen molar-refractivity contribution in [2.75, 3.05) is 58.1 Å². The summed E-state index contributed by atoms with van der Waals surface area (Å²) in [5.41, 5.74) is 1.05. The maximum atomic E-state index is 12.8. The summed E-state index contributed by atoms with van der Waals surface area (Å²) in [6, 6.07) is 7.58. The van der Waals surface area contributed by atoms with Crippen molar-refractivity contribution < 1.29 is 19.1 Å². The van der Waals surface area contributed by atoms with Gasteiger partial charge >= 0.3 is 0 Å². The van der Waals surface area contributed by atoms with E-state index in [0.717, 1.165) is 18.4 Å². The number of amides is 2. The summed E-state index contributed by atoms with van der Waals surface area (Å²) in [5, 5.41) is 0.795. The van der Waals surface area contributed by atoms with Gasteiger partial charge in [0.2, 0.25) is 11.8 Å². The molecule has 0 aliphatic carbocycles. The average Bonchev–Trinajstić information content (AvgIpc) is 2.92. The molecule has 1 aliphatic rings. The summed E-state index contributed by atoms with van der Waals surface area (Å²) in [6.07, 6.45) is 3.21. The Morgan fingerprint density at radius 2 is 1.92 bits per heavy atom. The fourth-order valence-corrected chi connectivity index (χ4v) is 5.34. The molecule has 1 aromatic carbocycles. The first-order chi connectivity index (χ1) is 18.2. The number of anilines is 1. The number of rotatable bonds is 12. The van der Waals surface area contributed by atoms with E-state index < -0.39 is 0 Å². The highest BCUT2D eigenvalue weighted by Gasteiger charge is 2.28. The fourth-order valence-electron chi connectivity index (χ4n) is 4.31. The van der Waals surface area contributed by atoms with Gasteiger partial charge < -0.3 is 24.2 Å². The quantitative estimate of drug-likeness (QED) is 0.216. The van der Waals surface area contributed by atoms with Crippen LogP contribution in [0.2, 0.25) is 5.15 Å². The second-order valence-corrected chi connectivity index (χ2v) is 10.7. The lowest BCUT2D eigenvalue weighted by Crippen LogP contribution is -2.54. The Kier molecular flexibility index (Phi) is 11.3. The zero-order valence-electron chi connectivity index (χ0n) is 22.9. The number of carbonyl (C=O) groups is 2. The number of hydrogen-bond acceptors (Lipinski definition) is 8. The normalized spacial score (nSPS) is 15.4. The molecule has 0 radical (unpaired) electrons. The second kappa shape index (κ2) is 14.4. The Morgan fingerprint density at radius 1 is 1.16 bits per heavy atom. The summed E-state index contributed by atoms with van der Waals surface area (Å²) >= 11 is 7.59. The lowest BCUT2D eigenvalue weighted by atomic mass is 10.1. The molecule has 1 saturated heterocycles. The third-order valence-electron chi connectivity index (χ3n) is 6.61. The molecule has 0 spiro atoms. The Labute approximate surface area is 234 Å². The minimum absolute atomic E-state index is 0.0200. The summed E-state index contributed by atoms with van der Waals surface area (Å²) in [4.78, 5) is 40.1. The molecule has 11 heteroatoms. The van der Waals surface area contributed by atoms with Crippen LogP contribution in [0.25, 0.3) is 0 Å². The van der Waals surface area contributed by atoms with Crippen molar-refractivity contribution in [2.24, 2.45) is 0 Å². The van der Waals surface area contributed by atoms with Gasteiger partial charge in [0.25, 0.3) is 0 Å².